The molecular weight excluding hydrogens is 2800 g/mol. The number of hydrogen-bond donors (Lipinski definition) is 17. The van der Waals surface area contributed by atoms with Gasteiger partial charge < -0.3 is 107 Å². The van der Waals surface area contributed by atoms with E-state index in [1.54, 1.807) is 22.6 Å². The van der Waals surface area contributed by atoms with Crippen LogP contribution < -0.4 is 46.2 Å². The molecule has 6 atom stereocenters. The van der Waals surface area contributed by atoms with Crippen molar-refractivity contribution < 1.29 is 119 Å². The SMILES string of the molecule is CC(=O)c1c(I)c(C(=O)NCC(O)CO)c(I)c(N(CC(O)CN(C(C)=O)c2c(I)c(C(=O)NCC(O)CO)c(I)c(C(=O)NCC(O)CO)c2I)C(C)=O)c1I.CC(=O)c1c(I)c(C(=O)NCC(O)CO)c(I)c(N(CC(O)CN(C(C)=O)c2c(I)c(C(C)=O)c(I)c(C(=O)NCC(O)CO)c2I)C(C)=O)c1I. The Bertz CT molecular complexity index is 4010. The second-order valence-electron chi connectivity index (χ2n) is 23.4. The van der Waals surface area contributed by atoms with Gasteiger partial charge in [0.1, 0.15) is 0 Å². The zero-order chi connectivity index (χ0) is 83.6. The highest BCUT2D eigenvalue weighted by molar-refractivity contribution is 14.1. The molecule has 0 bridgehead atoms. The molecular formula is C64H73I12N9O24. The molecule has 0 saturated heterocycles. The minimum absolute atomic E-state index is 0.00526. The van der Waals surface area contributed by atoms with Gasteiger partial charge in [0.25, 0.3) is 29.5 Å². The van der Waals surface area contributed by atoms with Crippen LogP contribution in [-0.4, -0.2) is 266 Å². The number of ketones is 3. The Labute approximate surface area is 788 Å². The summed E-state index contributed by atoms with van der Waals surface area (Å²) in [4.78, 5) is 164. The van der Waals surface area contributed by atoms with E-state index in [9.17, 15) is 119 Å². The molecule has 0 spiro atoms. The molecule has 6 unspecified atom stereocenters. The highest BCUT2D eigenvalue weighted by atomic mass is 127. The average molecular weight is 2880 g/mol. The summed E-state index contributed by atoms with van der Waals surface area (Å²) < 4.78 is 2.96. The summed E-state index contributed by atoms with van der Waals surface area (Å²) in [5.41, 5.74) is 0.755. The van der Waals surface area contributed by atoms with Gasteiger partial charge in [-0.15, -0.1) is 0 Å². The fraction of sp³-hybridized carbons (Fsp3) is 0.438. The predicted octanol–water partition coefficient (Wildman–Crippen LogP) is 3.19. The lowest BCUT2D eigenvalue weighted by Crippen LogP contribution is -2.45. The Kier molecular flexibility index (Phi) is 45.0. The average Bonchev–Trinajstić information content (AvgIpc) is 0.776. The summed E-state index contributed by atoms with van der Waals surface area (Å²) in [5.74, 6) is -7.25. The van der Waals surface area contributed by atoms with Crippen molar-refractivity contribution in [2.75, 3.05) is 112 Å². The molecule has 0 fully saturated rings. The van der Waals surface area contributed by atoms with E-state index in [1.165, 1.54) is 58.3 Å². The highest BCUT2D eigenvalue weighted by Gasteiger charge is 2.38. The van der Waals surface area contributed by atoms with Crippen molar-refractivity contribution in [3.05, 3.63) is 87.3 Å². The van der Waals surface area contributed by atoms with E-state index in [4.69, 9.17) is 0 Å². The molecule has 4 rings (SSSR count). The number of carbonyl (C=O) groups excluding carboxylic acids is 12. The number of anilines is 4. The van der Waals surface area contributed by atoms with E-state index < -0.39 is 172 Å². The van der Waals surface area contributed by atoms with E-state index in [0.717, 1.165) is 9.80 Å². The van der Waals surface area contributed by atoms with Gasteiger partial charge in [-0.3, -0.25) is 57.5 Å². The first-order chi connectivity index (χ1) is 50.7. The maximum absolute atomic E-state index is 13.6. The summed E-state index contributed by atoms with van der Waals surface area (Å²) >= 11 is 22.2. The molecule has 0 radical (unpaired) electrons. The van der Waals surface area contributed by atoms with Crippen LogP contribution in [0, 0.1) is 42.8 Å². The molecule has 0 heterocycles. The molecule has 109 heavy (non-hydrogen) atoms. The minimum atomic E-state index is -1.54. The van der Waals surface area contributed by atoms with Crippen LogP contribution in [0.4, 0.5) is 22.7 Å². The molecule has 4 aromatic rings. The van der Waals surface area contributed by atoms with Crippen molar-refractivity contribution in [1.82, 2.24) is 26.6 Å². The number of nitrogens with one attached hydrogen (secondary N) is 5. The van der Waals surface area contributed by atoms with Crippen LogP contribution in [0.3, 0.4) is 0 Å². The van der Waals surface area contributed by atoms with Gasteiger partial charge in [0.15, 0.2) is 17.3 Å². The van der Waals surface area contributed by atoms with Crippen LogP contribution in [0.25, 0.3) is 0 Å². The van der Waals surface area contributed by atoms with Crippen molar-refractivity contribution in [1.29, 1.82) is 0 Å². The standard InChI is InChI=1S/C33H39I6N5O13.C31H34I6N4O11/c1-12(48)19-23(34)20(31(55)40-4-15(51)9-45)26(37)29(25(19)36)43(13(2)49)7-18(54)8-44(14(3)50)30-27(38)21(32(56)41-5-16(52)10-46)24(35)22(28(30)39)33(57)42-6-17(53)11-47;1-11(44)18-22(32)20(30(51)38-5-15(48)9-42)26(36)28(24(18)34)40(13(3)46)7-17(50)8-41(14(4)47)29-25(35)19(12(2)45)23(33)21(27(29)37)31(52)39-6-16(49)10-43/h15-18,45-47,51-54H,4-11H2,1-3H3,(H,40,55)(H,41,56)(H,42,57);15-17,42-43,48-50H,5-10H2,1-4H3,(H,38,51)(H,39,52). The largest absolute Gasteiger partial charge is 0.394 e. The normalized spacial score (nSPS) is 13.1. The Morgan fingerprint density at radius 3 is 0.514 bits per heavy atom. The number of Topliss-reactive ketones (excluding diaryl/α,β-unsaturated/α-hetero) is 3. The van der Waals surface area contributed by atoms with Crippen molar-refractivity contribution in [2.45, 2.75) is 91.2 Å². The summed E-state index contributed by atoms with van der Waals surface area (Å²) in [7, 11) is 0. The number of nitrogens with zero attached hydrogens (tertiary/aromatic N) is 4. The second-order valence-corrected chi connectivity index (χ2v) is 36.3. The fourth-order valence-corrected chi connectivity index (χ4v) is 29.5. The smallest absolute Gasteiger partial charge is 0.253 e. The molecule has 0 saturated carbocycles. The van der Waals surface area contributed by atoms with Gasteiger partial charge in [-0.2, -0.15) is 0 Å². The zero-order valence-corrected chi connectivity index (χ0v) is 83.9. The summed E-state index contributed by atoms with van der Waals surface area (Å²) in [6.07, 6.45) is -9.35. The van der Waals surface area contributed by atoms with Crippen LogP contribution >= 0.6 is 271 Å². The van der Waals surface area contributed by atoms with Crippen LogP contribution in [0.2, 0.25) is 0 Å². The van der Waals surface area contributed by atoms with Crippen molar-refractivity contribution in [3.8, 4) is 0 Å². The highest BCUT2D eigenvalue weighted by Crippen LogP contribution is 2.43. The summed E-state index contributed by atoms with van der Waals surface area (Å²) in [6, 6.07) is 0. The maximum atomic E-state index is 13.6. The van der Waals surface area contributed by atoms with Gasteiger partial charge in [0.2, 0.25) is 23.6 Å². The lowest BCUT2D eigenvalue weighted by molar-refractivity contribution is -0.118. The number of amides is 9. The van der Waals surface area contributed by atoms with Gasteiger partial charge in [0, 0.05) is 102 Å². The summed E-state index contributed by atoms with van der Waals surface area (Å²) in [5, 5.41) is 131. The Morgan fingerprint density at radius 1 is 0.248 bits per heavy atom. The topological polar surface area (TPSA) is 521 Å². The molecule has 0 aliphatic heterocycles. The number of carbonyl (C=O) groups is 12. The van der Waals surface area contributed by atoms with E-state index in [0.29, 0.717) is 14.3 Å². The molecule has 0 aromatic heterocycles. The lowest BCUT2D eigenvalue weighted by atomic mass is 10.0. The third-order valence-corrected chi connectivity index (χ3v) is 27.8. The molecule has 17 N–H and O–H groups in total. The van der Waals surface area contributed by atoms with Gasteiger partial charge in [-0.05, 0) is 292 Å². The lowest BCUT2D eigenvalue weighted by Gasteiger charge is -2.32. The Balaban J connectivity index is 0.000000568. The number of rotatable bonds is 35. The van der Waals surface area contributed by atoms with E-state index >= 15 is 0 Å². The minimum Gasteiger partial charge on any atom is -0.394 e. The van der Waals surface area contributed by atoms with Crippen molar-refractivity contribution >= 4 is 364 Å². The third kappa shape index (κ3) is 27.0. The van der Waals surface area contributed by atoms with Crippen LogP contribution in [0.5, 0.6) is 0 Å². The monoisotopic (exact) mass is 2870 g/mol. The molecule has 0 aliphatic carbocycles. The molecule has 4 aromatic carbocycles. The number of aliphatic hydroxyl groups excluding tert-OH is 12. The number of benzene rings is 4. The van der Waals surface area contributed by atoms with Gasteiger partial charge in [0.05, 0.1) is 170 Å². The number of halogens is 12. The first-order valence-electron chi connectivity index (χ1n) is 31.4. The fourth-order valence-electron chi connectivity index (χ4n) is 9.76. The van der Waals surface area contributed by atoms with E-state index in [-0.39, 0.29) is 129 Å². The van der Waals surface area contributed by atoms with Crippen molar-refractivity contribution in [3.63, 3.8) is 0 Å². The first kappa shape index (κ1) is 103. The molecule has 33 nitrogen and oxygen atoms in total. The second kappa shape index (κ2) is 47.9. The third-order valence-electron chi connectivity index (χ3n) is 15.1. The zero-order valence-electron chi connectivity index (χ0n) is 58.0. The molecule has 0 aliphatic rings. The van der Waals surface area contributed by atoms with Crippen LogP contribution in [-0.2, 0) is 19.2 Å². The van der Waals surface area contributed by atoms with Gasteiger partial charge >= 0.3 is 0 Å². The molecule has 602 valence electrons. The molecule has 45 heteroatoms. The predicted molar refractivity (Wildman–Crippen MR) is 500 cm³/mol. The van der Waals surface area contributed by atoms with E-state index in [2.05, 4.69) is 26.6 Å². The van der Waals surface area contributed by atoms with E-state index in [1.807, 2.05) is 248 Å². The van der Waals surface area contributed by atoms with Crippen LogP contribution in [0.15, 0.2) is 0 Å². The number of hydrogen-bond acceptors (Lipinski definition) is 24. The maximum Gasteiger partial charge on any atom is 0.253 e. The molecule has 9 amide bonds. The first-order valence-corrected chi connectivity index (χ1v) is 44.3. The Morgan fingerprint density at radius 2 is 0.385 bits per heavy atom. The quantitative estimate of drug-likeness (QED) is 0.0232. The Hall–Kier alpha value is -0.600. The summed E-state index contributed by atoms with van der Waals surface area (Å²) in [6.45, 7) is 2.15. The van der Waals surface area contributed by atoms with Crippen molar-refractivity contribution in [2.24, 2.45) is 0 Å². The number of aliphatic hydroxyl groups is 12. The van der Waals surface area contributed by atoms with Crippen LogP contribution in [0.1, 0.15) is 131 Å². The van der Waals surface area contributed by atoms with Gasteiger partial charge in [-0.1, -0.05) is 0 Å². The van der Waals surface area contributed by atoms with Gasteiger partial charge in [-0.25, -0.2) is 0 Å².